The molecule has 0 bridgehead atoms. The number of ketones is 1. The van der Waals surface area contributed by atoms with E-state index in [0.717, 1.165) is 61.9 Å². The number of amides is 1. The van der Waals surface area contributed by atoms with E-state index >= 15 is 0 Å². The van der Waals surface area contributed by atoms with Crippen molar-refractivity contribution in [3.63, 3.8) is 0 Å². The molecule has 7 heteroatoms. The van der Waals surface area contributed by atoms with Gasteiger partial charge in [-0.3, -0.25) is 9.59 Å². The molecular formula is C32H34N2O4S. The minimum Gasteiger partial charge on any atom is -0.454 e. The molecule has 202 valence electrons. The number of ether oxygens (including phenoxy) is 2. The predicted molar refractivity (Wildman–Crippen MR) is 156 cm³/mol. The Morgan fingerprint density at radius 2 is 1.74 bits per heavy atom. The molecule has 0 radical (unpaired) electrons. The minimum atomic E-state index is -0.116. The van der Waals surface area contributed by atoms with Crippen LogP contribution in [-0.2, 0) is 17.6 Å². The number of hydrogen-bond donors (Lipinski definition) is 1. The van der Waals surface area contributed by atoms with Gasteiger partial charge >= 0.3 is 0 Å². The lowest BCUT2D eigenvalue weighted by molar-refractivity contribution is -0.119. The molecule has 1 aromatic heterocycles. The molecule has 0 fully saturated rings. The summed E-state index contributed by atoms with van der Waals surface area (Å²) in [6, 6.07) is 15.7. The maximum atomic E-state index is 13.0. The normalized spacial score (nSPS) is 13.0. The second-order valence-electron chi connectivity index (χ2n) is 10.6. The molecule has 3 aromatic carbocycles. The second kappa shape index (κ2) is 11.6. The molecule has 0 aliphatic carbocycles. The number of fused-ring (bicyclic) bond motifs is 2. The third kappa shape index (κ3) is 6.48. The van der Waals surface area contributed by atoms with Crippen LogP contribution in [0.1, 0.15) is 63.8 Å². The maximum absolute atomic E-state index is 13.0. The summed E-state index contributed by atoms with van der Waals surface area (Å²) in [4.78, 5) is 30.3. The lowest BCUT2D eigenvalue weighted by Gasteiger charge is -2.13. The van der Waals surface area contributed by atoms with Gasteiger partial charge in [-0.05, 0) is 86.6 Å². The van der Waals surface area contributed by atoms with Crippen molar-refractivity contribution < 1.29 is 19.1 Å². The largest absolute Gasteiger partial charge is 0.454 e. The van der Waals surface area contributed by atoms with Crippen LogP contribution in [0.2, 0.25) is 0 Å². The molecule has 1 aliphatic heterocycles. The SMILES string of the molecule is Cc1cc(C)c(NC(=O)c2ccc3nc(CC(C)CCC(=O)CCc4ccc5c(c4)OCO5)sc3c2)c(C)c1. The highest BCUT2D eigenvalue weighted by molar-refractivity contribution is 7.18. The summed E-state index contributed by atoms with van der Waals surface area (Å²) in [7, 11) is 0. The van der Waals surface area contributed by atoms with E-state index < -0.39 is 0 Å². The van der Waals surface area contributed by atoms with Crippen molar-refractivity contribution >= 4 is 38.9 Å². The summed E-state index contributed by atoms with van der Waals surface area (Å²) in [5, 5.41) is 4.12. The zero-order chi connectivity index (χ0) is 27.5. The van der Waals surface area contributed by atoms with E-state index in [-0.39, 0.29) is 18.5 Å². The third-order valence-electron chi connectivity index (χ3n) is 7.18. The van der Waals surface area contributed by atoms with Gasteiger partial charge in [0.05, 0.1) is 15.2 Å². The van der Waals surface area contributed by atoms with E-state index in [1.54, 1.807) is 11.3 Å². The van der Waals surface area contributed by atoms with Crippen molar-refractivity contribution in [3.8, 4) is 11.5 Å². The first-order valence-corrected chi connectivity index (χ1v) is 14.3. The van der Waals surface area contributed by atoms with Crippen molar-refractivity contribution in [2.24, 2.45) is 5.92 Å². The average Bonchev–Trinajstić information content (AvgIpc) is 3.53. The molecule has 6 nitrogen and oxygen atoms in total. The van der Waals surface area contributed by atoms with E-state index in [4.69, 9.17) is 14.5 Å². The first kappa shape index (κ1) is 26.9. The Labute approximate surface area is 233 Å². The van der Waals surface area contributed by atoms with Gasteiger partial charge in [-0.1, -0.05) is 30.7 Å². The molecule has 0 saturated heterocycles. The number of carbonyl (C=O) groups is 2. The highest BCUT2D eigenvalue weighted by Crippen LogP contribution is 2.33. The number of aromatic nitrogens is 1. The Kier molecular flexibility index (Phi) is 7.98. The summed E-state index contributed by atoms with van der Waals surface area (Å²) >= 11 is 1.63. The summed E-state index contributed by atoms with van der Waals surface area (Å²) in [5.74, 6) is 2.03. The Balaban J connectivity index is 1.13. The van der Waals surface area contributed by atoms with E-state index in [1.807, 2.05) is 50.2 Å². The van der Waals surface area contributed by atoms with Crippen molar-refractivity contribution in [3.05, 3.63) is 81.4 Å². The van der Waals surface area contributed by atoms with Gasteiger partial charge in [0, 0.05) is 30.5 Å². The quantitative estimate of drug-likeness (QED) is 0.226. The molecule has 1 N–H and O–H groups in total. The standard InChI is InChI=1S/C32H34N2O4S/c1-19(5-9-25(35)10-6-23-7-12-27-28(16-23)38-18-37-27)15-30-33-26-11-8-24(17-29(26)39-30)32(36)34-31-21(3)13-20(2)14-22(31)4/h7-8,11-14,16-17,19H,5-6,9-10,15,18H2,1-4H3,(H,34,36). The van der Waals surface area contributed by atoms with Crippen LogP contribution in [0.15, 0.2) is 48.5 Å². The van der Waals surface area contributed by atoms with Gasteiger partial charge in [-0.25, -0.2) is 4.98 Å². The number of benzene rings is 3. The number of nitrogens with zero attached hydrogens (tertiary/aromatic N) is 1. The lowest BCUT2D eigenvalue weighted by Crippen LogP contribution is -2.13. The van der Waals surface area contributed by atoms with Gasteiger partial charge in [-0.2, -0.15) is 0 Å². The fourth-order valence-corrected chi connectivity index (χ4v) is 6.25. The molecule has 39 heavy (non-hydrogen) atoms. The van der Waals surface area contributed by atoms with Gasteiger partial charge in [-0.15, -0.1) is 11.3 Å². The van der Waals surface area contributed by atoms with Crippen molar-refractivity contribution in [2.45, 2.75) is 59.8 Å². The molecule has 5 rings (SSSR count). The molecule has 0 saturated carbocycles. The molecule has 1 atom stereocenters. The summed E-state index contributed by atoms with van der Waals surface area (Å²) < 4.78 is 11.8. The lowest BCUT2D eigenvalue weighted by atomic mass is 9.98. The molecule has 0 spiro atoms. The number of Topliss-reactive ketones (excluding diaryl/α,β-unsaturated/α-hetero) is 1. The van der Waals surface area contributed by atoms with Gasteiger partial charge in [0.25, 0.3) is 5.91 Å². The summed E-state index contributed by atoms with van der Waals surface area (Å²) in [5.41, 5.74) is 6.79. The number of nitrogens with one attached hydrogen (secondary N) is 1. The summed E-state index contributed by atoms with van der Waals surface area (Å²) in [6.07, 6.45) is 3.45. The van der Waals surface area contributed by atoms with Gasteiger partial charge < -0.3 is 14.8 Å². The topological polar surface area (TPSA) is 77.5 Å². The molecule has 2 heterocycles. The first-order chi connectivity index (χ1) is 18.7. The van der Waals surface area contributed by atoms with Crippen LogP contribution < -0.4 is 14.8 Å². The van der Waals surface area contributed by atoms with E-state index in [0.29, 0.717) is 30.7 Å². The summed E-state index contributed by atoms with van der Waals surface area (Å²) in [6.45, 7) is 8.52. The van der Waals surface area contributed by atoms with Crippen LogP contribution in [-0.4, -0.2) is 23.5 Å². The van der Waals surface area contributed by atoms with Crippen LogP contribution >= 0.6 is 11.3 Å². The van der Waals surface area contributed by atoms with Crippen LogP contribution in [0, 0.1) is 26.7 Å². The molecule has 1 amide bonds. The number of rotatable bonds is 10. The number of anilines is 1. The van der Waals surface area contributed by atoms with E-state index in [9.17, 15) is 9.59 Å². The molecule has 1 unspecified atom stereocenters. The first-order valence-electron chi connectivity index (χ1n) is 13.4. The highest BCUT2D eigenvalue weighted by Gasteiger charge is 2.16. The maximum Gasteiger partial charge on any atom is 0.255 e. The van der Waals surface area contributed by atoms with Crippen molar-refractivity contribution in [2.75, 3.05) is 12.1 Å². The van der Waals surface area contributed by atoms with Crippen LogP contribution in [0.4, 0.5) is 5.69 Å². The Morgan fingerprint density at radius 1 is 0.974 bits per heavy atom. The van der Waals surface area contributed by atoms with E-state index in [2.05, 4.69) is 31.3 Å². The van der Waals surface area contributed by atoms with Gasteiger partial charge in [0.15, 0.2) is 11.5 Å². The number of thiazole rings is 1. The fraction of sp³-hybridized carbons (Fsp3) is 0.344. The number of carbonyl (C=O) groups excluding carboxylic acids is 2. The zero-order valence-corrected chi connectivity index (χ0v) is 23.7. The van der Waals surface area contributed by atoms with Crippen LogP contribution in [0.25, 0.3) is 10.2 Å². The van der Waals surface area contributed by atoms with E-state index in [1.165, 1.54) is 5.56 Å². The monoisotopic (exact) mass is 542 g/mol. The smallest absolute Gasteiger partial charge is 0.255 e. The van der Waals surface area contributed by atoms with Gasteiger partial charge in [0.2, 0.25) is 6.79 Å². The highest BCUT2D eigenvalue weighted by atomic mass is 32.1. The fourth-order valence-electron chi connectivity index (χ4n) is 5.08. The zero-order valence-electron chi connectivity index (χ0n) is 22.9. The van der Waals surface area contributed by atoms with Crippen molar-refractivity contribution in [1.82, 2.24) is 4.98 Å². The predicted octanol–water partition coefficient (Wildman–Crippen LogP) is 7.36. The van der Waals surface area contributed by atoms with Crippen molar-refractivity contribution in [1.29, 1.82) is 0 Å². The Morgan fingerprint density at radius 3 is 2.54 bits per heavy atom. The minimum absolute atomic E-state index is 0.116. The number of aryl methyl sites for hydroxylation is 4. The molecule has 1 aliphatic rings. The van der Waals surface area contributed by atoms with Crippen LogP contribution in [0.5, 0.6) is 11.5 Å². The molecule has 4 aromatic rings. The second-order valence-corrected chi connectivity index (χ2v) is 11.7. The Bertz CT molecular complexity index is 1520. The average molecular weight is 543 g/mol. The molecular weight excluding hydrogens is 508 g/mol. The third-order valence-corrected chi connectivity index (χ3v) is 8.22. The Hall–Kier alpha value is -3.71. The van der Waals surface area contributed by atoms with Gasteiger partial charge in [0.1, 0.15) is 5.78 Å². The van der Waals surface area contributed by atoms with Crippen LogP contribution in [0.3, 0.4) is 0 Å². The number of hydrogen-bond acceptors (Lipinski definition) is 6.